The third-order valence-corrected chi connectivity index (χ3v) is 6.74. The molecule has 6 nitrogen and oxygen atoms in total. The molecule has 0 atom stereocenters. The van der Waals surface area contributed by atoms with E-state index in [-0.39, 0.29) is 34.3 Å². The largest absolute Gasteiger partial charge is 0.508 e. The van der Waals surface area contributed by atoms with Gasteiger partial charge >= 0.3 is 0 Å². The molecule has 6 heteroatoms. The van der Waals surface area contributed by atoms with E-state index >= 15 is 0 Å². The molecule has 0 aliphatic carbocycles. The van der Waals surface area contributed by atoms with Gasteiger partial charge in [-0.05, 0) is 64.9 Å². The number of ether oxygens (including phenoxy) is 1. The van der Waals surface area contributed by atoms with Gasteiger partial charge in [0.1, 0.15) is 40.2 Å². The van der Waals surface area contributed by atoms with Crippen molar-refractivity contribution in [3.8, 4) is 40.2 Å². The molecule has 5 N–H and O–H groups in total. The average Bonchev–Trinajstić information content (AvgIpc) is 2.77. The highest BCUT2D eigenvalue weighted by molar-refractivity contribution is 5.97. The Balaban J connectivity index is 1.86. The number of hydrogen-bond acceptors (Lipinski definition) is 6. The van der Waals surface area contributed by atoms with Gasteiger partial charge in [-0.3, -0.25) is 0 Å². The van der Waals surface area contributed by atoms with Crippen molar-refractivity contribution in [2.75, 3.05) is 0 Å². The molecule has 0 saturated heterocycles. The van der Waals surface area contributed by atoms with Crippen LogP contribution in [-0.4, -0.2) is 25.5 Å². The van der Waals surface area contributed by atoms with Crippen LogP contribution in [-0.2, 0) is 5.41 Å². The second-order valence-electron chi connectivity index (χ2n) is 8.77. The zero-order valence-corrected chi connectivity index (χ0v) is 18.1. The van der Waals surface area contributed by atoms with Crippen LogP contribution in [0.25, 0.3) is 21.5 Å². The van der Waals surface area contributed by atoms with Gasteiger partial charge in [-0.1, -0.05) is 24.3 Å². The summed E-state index contributed by atoms with van der Waals surface area (Å²) in [6.45, 7) is 1.85. The van der Waals surface area contributed by atoms with E-state index in [0.29, 0.717) is 33.4 Å². The molecule has 1 aliphatic rings. The Kier molecular flexibility index (Phi) is 3.96. The van der Waals surface area contributed by atoms with E-state index in [9.17, 15) is 25.5 Å². The maximum Gasteiger partial charge on any atom is 0.132 e. The smallest absolute Gasteiger partial charge is 0.132 e. The van der Waals surface area contributed by atoms with E-state index in [1.165, 1.54) is 12.1 Å². The zero-order valence-electron chi connectivity index (χ0n) is 18.1. The van der Waals surface area contributed by atoms with Gasteiger partial charge in [0.2, 0.25) is 0 Å². The predicted molar refractivity (Wildman–Crippen MR) is 128 cm³/mol. The maximum absolute atomic E-state index is 11.0. The number of phenols is 5. The first kappa shape index (κ1) is 20.1. The first-order chi connectivity index (χ1) is 16.3. The van der Waals surface area contributed by atoms with Crippen LogP contribution in [0.1, 0.15) is 23.6 Å². The summed E-state index contributed by atoms with van der Waals surface area (Å²) in [6.07, 6.45) is 0. The van der Waals surface area contributed by atoms with Gasteiger partial charge in [-0.2, -0.15) is 0 Å². The van der Waals surface area contributed by atoms with E-state index < -0.39 is 5.41 Å². The van der Waals surface area contributed by atoms with E-state index in [2.05, 4.69) is 0 Å². The van der Waals surface area contributed by atoms with Crippen LogP contribution < -0.4 is 4.74 Å². The standard InChI is InChI=1S/C28H20O6/c1-28(27-21(32)12-18(31)13-22(27)33)25-19-10-16(29)6-2-14(19)4-8-23(25)34-24-9-5-15-3-7-17(30)11-20(15)26(24)28/h2-13,29-33H,1H3. The molecule has 0 radical (unpaired) electrons. The van der Waals surface area contributed by atoms with Crippen LogP contribution in [0.5, 0.6) is 40.2 Å². The second-order valence-corrected chi connectivity index (χ2v) is 8.77. The number of fused-ring (bicyclic) bond motifs is 6. The fourth-order valence-corrected chi connectivity index (χ4v) is 5.38. The lowest BCUT2D eigenvalue weighted by atomic mass is 9.66. The fourth-order valence-electron chi connectivity index (χ4n) is 5.38. The van der Waals surface area contributed by atoms with Crippen LogP contribution in [0.3, 0.4) is 0 Å². The van der Waals surface area contributed by atoms with Crippen molar-refractivity contribution in [3.05, 3.63) is 89.5 Å². The summed E-state index contributed by atoms with van der Waals surface area (Å²) >= 11 is 0. The van der Waals surface area contributed by atoms with Gasteiger partial charge in [-0.15, -0.1) is 0 Å². The predicted octanol–water partition coefficient (Wildman–Crippen LogP) is 5.98. The van der Waals surface area contributed by atoms with Crippen LogP contribution in [0.4, 0.5) is 0 Å². The Morgan fingerprint density at radius 2 is 0.971 bits per heavy atom. The molecule has 0 amide bonds. The van der Waals surface area contributed by atoms with Gasteiger partial charge in [0, 0.05) is 23.3 Å². The van der Waals surface area contributed by atoms with Crippen LogP contribution in [0.15, 0.2) is 72.8 Å². The highest BCUT2D eigenvalue weighted by atomic mass is 16.5. The topological polar surface area (TPSA) is 110 Å². The third-order valence-electron chi connectivity index (χ3n) is 6.74. The molecule has 0 saturated carbocycles. The minimum atomic E-state index is -1.20. The minimum absolute atomic E-state index is 0.0590. The Morgan fingerprint density at radius 3 is 1.44 bits per heavy atom. The van der Waals surface area contributed by atoms with Crippen LogP contribution in [0.2, 0.25) is 0 Å². The number of rotatable bonds is 1. The quantitative estimate of drug-likeness (QED) is 0.214. The molecule has 168 valence electrons. The first-order valence-corrected chi connectivity index (χ1v) is 10.7. The van der Waals surface area contributed by atoms with Crippen molar-refractivity contribution >= 4 is 21.5 Å². The Morgan fingerprint density at radius 1 is 0.529 bits per heavy atom. The van der Waals surface area contributed by atoms with E-state index in [1.807, 2.05) is 31.2 Å². The maximum atomic E-state index is 11.0. The van der Waals surface area contributed by atoms with Gasteiger partial charge in [0.05, 0.1) is 11.0 Å². The highest BCUT2D eigenvalue weighted by Gasteiger charge is 2.45. The van der Waals surface area contributed by atoms with Crippen LogP contribution >= 0.6 is 0 Å². The van der Waals surface area contributed by atoms with E-state index in [0.717, 1.165) is 10.8 Å². The minimum Gasteiger partial charge on any atom is -0.508 e. The summed E-state index contributed by atoms with van der Waals surface area (Å²) in [5.41, 5.74) is 0.217. The first-order valence-electron chi connectivity index (χ1n) is 10.7. The molecule has 0 bridgehead atoms. The number of aromatic hydroxyl groups is 5. The second kappa shape index (κ2) is 6.71. The molecular formula is C28H20O6. The molecule has 0 spiro atoms. The summed E-state index contributed by atoms with van der Waals surface area (Å²) < 4.78 is 6.32. The van der Waals surface area contributed by atoms with E-state index in [1.54, 1.807) is 36.4 Å². The zero-order chi connectivity index (χ0) is 23.8. The van der Waals surface area contributed by atoms with E-state index in [4.69, 9.17) is 4.74 Å². The van der Waals surface area contributed by atoms with Gasteiger partial charge in [0.15, 0.2) is 0 Å². The lowest BCUT2D eigenvalue weighted by molar-refractivity contribution is 0.391. The number of benzene rings is 5. The molecule has 0 fully saturated rings. The molecule has 1 aliphatic heterocycles. The third kappa shape index (κ3) is 2.62. The molecule has 5 aromatic rings. The van der Waals surface area contributed by atoms with Crippen molar-refractivity contribution in [2.24, 2.45) is 0 Å². The summed E-state index contributed by atoms with van der Waals surface area (Å²) in [7, 11) is 0. The van der Waals surface area contributed by atoms with Crippen molar-refractivity contribution in [1.82, 2.24) is 0 Å². The summed E-state index contributed by atoms with van der Waals surface area (Å²) in [5.74, 6) is 0.244. The van der Waals surface area contributed by atoms with Gasteiger partial charge < -0.3 is 30.3 Å². The fraction of sp³-hybridized carbons (Fsp3) is 0.0714. The van der Waals surface area contributed by atoms with Crippen molar-refractivity contribution in [2.45, 2.75) is 12.3 Å². The Bertz CT molecular complexity index is 1540. The average molecular weight is 452 g/mol. The van der Waals surface area contributed by atoms with Crippen molar-refractivity contribution in [1.29, 1.82) is 0 Å². The molecule has 34 heavy (non-hydrogen) atoms. The van der Waals surface area contributed by atoms with Gasteiger partial charge in [0.25, 0.3) is 0 Å². The Hall–Kier alpha value is -4.58. The lowest BCUT2D eigenvalue weighted by Gasteiger charge is -2.40. The normalized spacial score (nSPS) is 13.9. The molecule has 0 aromatic heterocycles. The monoisotopic (exact) mass is 452 g/mol. The lowest BCUT2D eigenvalue weighted by Crippen LogP contribution is -2.30. The van der Waals surface area contributed by atoms with Crippen molar-refractivity contribution in [3.63, 3.8) is 0 Å². The molecule has 5 aromatic carbocycles. The number of hydrogen-bond donors (Lipinski definition) is 5. The SMILES string of the molecule is CC1(c2c(O)cc(O)cc2O)c2c(ccc3ccc(O)cc23)Oc2ccc3ccc(O)cc3c21. The Labute approximate surface area is 194 Å². The summed E-state index contributed by atoms with van der Waals surface area (Å²) in [5, 5.41) is 55.7. The van der Waals surface area contributed by atoms with Crippen LogP contribution in [0, 0.1) is 0 Å². The molecule has 0 unspecified atom stereocenters. The summed E-state index contributed by atoms with van der Waals surface area (Å²) in [4.78, 5) is 0. The molecular weight excluding hydrogens is 432 g/mol. The molecule has 1 heterocycles. The summed E-state index contributed by atoms with van der Waals surface area (Å²) in [6, 6.07) is 19.7. The van der Waals surface area contributed by atoms with Gasteiger partial charge in [-0.25, -0.2) is 0 Å². The van der Waals surface area contributed by atoms with Crippen molar-refractivity contribution < 1.29 is 30.3 Å². The molecule has 6 rings (SSSR count). The highest BCUT2D eigenvalue weighted by Crippen LogP contribution is 2.59. The number of phenolic OH excluding ortho intramolecular Hbond substituents is 5.